The average Bonchev–Trinajstić information content (AvgIpc) is 2.16. The van der Waals surface area contributed by atoms with E-state index >= 15 is 0 Å². The lowest BCUT2D eigenvalue weighted by Crippen LogP contribution is -2.17. The van der Waals surface area contributed by atoms with Crippen molar-refractivity contribution in [1.29, 1.82) is 0 Å². The molecule has 0 rings (SSSR count). The van der Waals surface area contributed by atoms with Gasteiger partial charge in [0, 0.05) is 18.8 Å². The molecule has 0 bridgehead atoms. The third-order valence-corrected chi connectivity index (χ3v) is 1.44. The third kappa shape index (κ3) is 7.72. The van der Waals surface area contributed by atoms with Gasteiger partial charge in [0.15, 0.2) is 0 Å². The molecule has 0 atom stereocenters. The van der Waals surface area contributed by atoms with Gasteiger partial charge in [-0.25, -0.2) is 0 Å². The molecule has 0 fully saturated rings. The van der Waals surface area contributed by atoms with Crippen molar-refractivity contribution < 1.29 is 19.4 Å². The number of rotatable bonds is 9. The van der Waals surface area contributed by atoms with Crippen molar-refractivity contribution in [2.75, 3.05) is 33.0 Å². The van der Waals surface area contributed by atoms with Crippen molar-refractivity contribution in [1.82, 2.24) is 0 Å². The molecule has 0 aromatic carbocycles. The zero-order valence-corrected chi connectivity index (χ0v) is 8.20. The highest BCUT2D eigenvalue weighted by atomic mass is 16.5. The lowest BCUT2D eigenvalue weighted by atomic mass is 10.3. The fourth-order valence-electron chi connectivity index (χ4n) is 0.696. The molecule has 14 heavy (non-hydrogen) atoms. The minimum atomic E-state index is -0.540. The molecule has 0 saturated carbocycles. The van der Waals surface area contributed by atoms with Crippen molar-refractivity contribution in [2.24, 2.45) is 5.73 Å². The molecule has 0 spiro atoms. The van der Waals surface area contributed by atoms with Crippen LogP contribution in [0, 0.1) is 0 Å². The van der Waals surface area contributed by atoms with Gasteiger partial charge in [0.2, 0.25) is 5.91 Å². The molecule has 0 aliphatic heterocycles. The molecular formula is C9H17NO4. The van der Waals surface area contributed by atoms with Crippen LogP contribution in [0.2, 0.25) is 0 Å². The quantitative estimate of drug-likeness (QED) is 0.389. The molecule has 0 unspecified atom stereocenters. The lowest BCUT2D eigenvalue weighted by molar-refractivity contribution is -0.115. The van der Waals surface area contributed by atoms with Crippen LogP contribution in [0.4, 0.5) is 0 Å². The molecule has 0 radical (unpaired) electrons. The van der Waals surface area contributed by atoms with Gasteiger partial charge in [-0.3, -0.25) is 4.79 Å². The van der Waals surface area contributed by atoms with E-state index in [2.05, 4.69) is 6.58 Å². The Morgan fingerprint density at radius 2 is 1.93 bits per heavy atom. The first kappa shape index (κ1) is 13.1. The number of amides is 1. The minimum Gasteiger partial charge on any atom is -0.394 e. The van der Waals surface area contributed by atoms with Gasteiger partial charge in [-0.05, 0) is 6.42 Å². The first-order valence-electron chi connectivity index (χ1n) is 4.42. The number of carbonyl (C=O) groups is 1. The summed E-state index contributed by atoms with van der Waals surface area (Å²) in [5.74, 6) is -0.540. The largest absolute Gasteiger partial charge is 0.394 e. The summed E-state index contributed by atoms with van der Waals surface area (Å²) in [6, 6.07) is 0. The Bertz CT molecular complexity index is 182. The summed E-state index contributed by atoms with van der Waals surface area (Å²) in [5, 5.41) is 8.38. The van der Waals surface area contributed by atoms with Gasteiger partial charge in [-0.2, -0.15) is 0 Å². The number of aliphatic hydroxyl groups is 1. The maximum Gasteiger partial charge on any atom is 0.246 e. The zero-order chi connectivity index (χ0) is 10.8. The number of aliphatic hydroxyl groups excluding tert-OH is 1. The van der Waals surface area contributed by atoms with Gasteiger partial charge in [0.25, 0.3) is 0 Å². The molecule has 0 aliphatic rings. The summed E-state index contributed by atoms with van der Waals surface area (Å²) in [5.41, 5.74) is 5.21. The van der Waals surface area contributed by atoms with Crippen LogP contribution in [0.3, 0.4) is 0 Å². The standard InChI is InChI=1S/C9H17NO4/c1-8(9(10)12)7-14-5-2-4-13-6-3-11/h11H,1-7H2,(H2,10,12). The Morgan fingerprint density at radius 1 is 1.29 bits per heavy atom. The van der Waals surface area contributed by atoms with Gasteiger partial charge in [0.1, 0.15) is 0 Å². The summed E-state index contributed by atoms with van der Waals surface area (Å²) < 4.78 is 10.1. The molecule has 0 aliphatic carbocycles. The van der Waals surface area contributed by atoms with Crippen molar-refractivity contribution in [3.8, 4) is 0 Å². The highest BCUT2D eigenvalue weighted by Crippen LogP contribution is 1.91. The van der Waals surface area contributed by atoms with E-state index in [1.807, 2.05) is 0 Å². The number of primary amides is 1. The maximum absolute atomic E-state index is 10.5. The van der Waals surface area contributed by atoms with Gasteiger partial charge >= 0.3 is 0 Å². The fourth-order valence-corrected chi connectivity index (χ4v) is 0.696. The molecule has 1 amide bonds. The molecule has 5 heteroatoms. The van der Waals surface area contributed by atoms with Gasteiger partial charge in [0.05, 0.1) is 19.8 Å². The Labute approximate surface area is 83.5 Å². The number of nitrogens with two attached hydrogens (primary N) is 1. The minimum absolute atomic E-state index is 0.0271. The molecule has 82 valence electrons. The summed E-state index contributed by atoms with van der Waals surface area (Å²) >= 11 is 0. The second kappa shape index (κ2) is 8.68. The summed E-state index contributed by atoms with van der Waals surface area (Å²) in [6.45, 7) is 4.98. The van der Waals surface area contributed by atoms with E-state index < -0.39 is 5.91 Å². The summed E-state index contributed by atoms with van der Waals surface area (Å²) in [6.07, 6.45) is 0.714. The molecule has 0 heterocycles. The Balaban J connectivity index is 3.13. The first-order valence-corrected chi connectivity index (χ1v) is 4.42. The highest BCUT2D eigenvalue weighted by Gasteiger charge is 2.00. The number of hydrogen-bond donors (Lipinski definition) is 2. The predicted octanol–water partition coefficient (Wildman–Crippen LogP) is -0.556. The van der Waals surface area contributed by atoms with Crippen molar-refractivity contribution in [3.63, 3.8) is 0 Å². The average molecular weight is 203 g/mol. The fraction of sp³-hybridized carbons (Fsp3) is 0.667. The van der Waals surface area contributed by atoms with E-state index in [-0.39, 0.29) is 18.8 Å². The second-order valence-corrected chi connectivity index (χ2v) is 2.71. The van der Waals surface area contributed by atoms with Gasteiger partial charge in [-0.15, -0.1) is 0 Å². The van der Waals surface area contributed by atoms with Crippen LogP contribution in [0.15, 0.2) is 12.2 Å². The van der Waals surface area contributed by atoms with Gasteiger partial charge < -0.3 is 20.3 Å². The summed E-state index contributed by atoms with van der Waals surface area (Å²) in [4.78, 5) is 10.5. The van der Waals surface area contributed by atoms with E-state index in [1.165, 1.54) is 0 Å². The van der Waals surface area contributed by atoms with Crippen LogP contribution in [-0.2, 0) is 14.3 Å². The predicted molar refractivity (Wildman–Crippen MR) is 51.7 cm³/mol. The van der Waals surface area contributed by atoms with E-state index in [0.717, 1.165) is 0 Å². The molecule has 3 N–H and O–H groups in total. The smallest absolute Gasteiger partial charge is 0.246 e. The number of carbonyl (C=O) groups excluding carboxylic acids is 1. The highest BCUT2D eigenvalue weighted by molar-refractivity contribution is 5.91. The Morgan fingerprint density at radius 3 is 2.50 bits per heavy atom. The van der Waals surface area contributed by atoms with Crippen molar-refractivity contribution in [2.45, 2.75) is 6.42 Å². The van der Waals surface area contributed by atoms with E-state index in [1.54, 1.807) is 0 Å². The van der Waals surface area contributed by atoms with E-state index in [0.29, 0.717) is 26.2 Å². The van der Waals surface area contributed by atoms with Crippen LogP contribution in [0.1, 0.15) is 6.42 Å². The molecule has 0 aromatic rings. The first-order chi connectivity index (χ1) is 6.68. The second-order valence-electron chi connectivity index (χ2n) is 2.71. The Hall–Kier alpha value is -0.910. The van der Waals surface area contributed by atoms with Crippen LogP contribution in [0.25, 0.3) is 0 Å². The van der Waals surface area contributed by atoms with E-state index in [4.69, 9.17) is 20.3 Å². The monoisotopic (exact) mass is 203 g/mol. The van der Waals surface area contributed by atoms with Crippen LogP contribution < -0.4 is 5.73 Å². The molecular weight excluding hydrogens is 186 g/mol. The van der Waals surface area contributed by atoms with Crippen molar-refractivity contribution >= 4 is 5.91 Å². The Kier molecular flexibility index (Phi) is 8.11. The lowest BCUT2D eigenvalue weighted by Gasteiger charge is -2.04. The normalized spacial score (nSPS) is 10.1. The van der Waals surface area contributed by atoms with Crippen LogP contribution >= 0.6 is 0 Å². The van der Waals surface area contributed by atoms with Gasteiger partial charge in [-0.1, -0.05) is 6.58 Å². The zero-order valence-electron chi connectivity index (χ0n) is 8.20. The van der Waals surface area contributed by atoms with E-state index in [9.17, 15) is 4.79 Å². The van der Waals surface area contributed by atoms with Crippen LogP contribution in [-0.4, -0.2) is 44.0 Å². The molecule has 5 nitrogen and oxygen atoms in total. The molecule has 0 aromatic heterocycles. The SMILES string of the molecule is C=C(COCCCOCCO)C(N)=O. The number of ether oxygens (including phenoxy) is 2. The van der Waals surface area contributed by atoms with Crippen LogP contribution in [0.5, 0.6) is 0 Å². The summed E-state index contributed by atoms with van der Waals surface area (Å²) in [7, 11) is 0. The maximum atomic E-state index is 10.5. The molecule has 0 saturated heterocycles. The third-order valence-electron chi connectivity index (χ3n) is 1.44. The number of hydrogen-bond acceptors (Lipinski definition) is 4. The topological polar surface area (TPSA) is 81.8 Å². The van der Waals surface area contributed by atoms with Crippen molar-refractivity contribution in [3.05, 3.63) is 12.2 Å².